The molecule has 0 unspecified atom stereocenters. The molecule has 148 valence electrons. The molecule has 4 rings (SSSR count). The third-order valence-corrected chi connectivity index (χ3v) is 6.01. The minimum Gasteiger partial charge on any atom is -0.348 e. The predicted octanol–water partition coefficient (Wildman–Crippen LogP) is 4.24. The summed E-state index contributed by atoms with van der Waals surface area (Å²) in [7, 11) is 0. The van der Waals surface area contributed by atoms with Gasteiger partial charge in [-0.15, -0.1) is 0 Å². The van der Waals surface area contributed by atoms with Crippen LogP contribution in [0.15, 0.2) is 54.6 Å². The molecule has 2 aromatic rings. The summed E-state index contributed by atoms with van der Waals surface area (Å²) in [5, 5.41) is 2.72. The summed E-state index contributed by atoms with van der Waals surface area (Å²) < 4.78 is 42.2. The van der Waals surface area contributed by atoms with Crippen LogP contribution >= 0.6 is 0 Å². The summed E-state index contributed by atoms with van der Waals surface area (Å²) in [4.78, 5) is 14.6. The monoisotopic (exact) mass is 388 g/mol. The Hall–Kier alpha value is -2.34. The molecule has 1 heterocycles. The van der Waals surface area contributed by atoms with Gasteiger partial charge in [-0.1, -0.05) is 54.6 Å². The number of rotatable bonds is 4. The largest absolute Gasteiger partial charge is 0.404 e. The molecule has 1 N–H and O–H groups in total. The van der Waals surface area contributed by atoms with Gasteiger partial charge in [-0.25, -0.2) is 0 Å². The molecule has 1 aliphatic heterocycles. The second kappa shape index (κ2) is 7.24. The van der Waals surface area contributed by atoms with Crippen LogP contribution in [-0.4, -0.2) is 30.1 Å². The summed E-state index contributed by atoms with van der Waals surface area (Å²) in [6, 6.07) is 16.7. The van der Waals surface area contributed by atoms with Crippen LogP contribution in [0.2, 0.25) is 0 Å². The van der Waals surface area contributed by atoms with Crippen LogP contribution in [0.5, 0.6) is 0 Å². The van der Waals surface area contributed by atoms with Crippen LogP contribution in [-0.2, 0) is 17.8 Å². The van der Waals surface area contributed by atoms with Gasteiger partial charge in [-0.3, -0.25) is 9.69 Å². The first-order valence-electron chi connectivity index (χ1n) is 9.61. The highest BCUT2D eigenvalue weighted by molar-refractivity contribution is 5.84. The van der Waals surface area contributed by atoms with E-state index >= 15 is 0 Å². The Labute approximate surface area is 162 Å². The minimum atomic E-state index is -4.58. The quantitative estimate of drug-likeness (QED) is 0.850. The smallest absolute Gasteiger partial charge is 0.348 e. The molecule has 28 heavy (non-hydrogen) atoms. The molecule has 3 nitrogen and oxygen atoms in total. The van der Waals surface area contributed by atoms with Gasteiger partial charge >= 0.3 is 6.18 Å². The first kappa shape index (κ1) is 19.0. The number of likely N-dealkylation sites (tertiary alicyclic amines) is 1. The van der Waals surface area contributed by atoms with Crippen molar-refractivity contribution in [2.24, 2.45) is 5.41 Å². The summed E-state index contributed by atoms with van der Waals surface area (Å²) in [5.74, 6) is -0.891. The van der Waals surface area contributed by atoms with Crippen molar-refractivity contribution >= 4 is 5.91 Å². The van der Waals surface area contributed by atoms with Crippen molar-refractivity contribution in [2.45, 2.75) is 38.0 Å². The number of nitrogens with zero attached hydrogens (tertiary/aromatic N) is 1. The lowest BCUT2D eigenvalue weighted by molar-refractivity contribution is -0.218. The van der Waals surface area contributed by atoms with Crippen molar-refractivity contribution < 1.29 is 18.0 Å². The van der Waals surface area contributed by atoms with Crippen LogP contribution in [0.25, 0.3) is 0 Å². The standard InChI is InChI=1S/C22H23F3N2O/c23-22(24,25)21(12-13-27(15-21)14-16-6-2-1-3-7-16)20(28)26-19-11-10-17-8-4-5-9-18(17)19/h1-9,19H,10-15H2,(H,26,28)/t19-,21+/m1/s1. The second-order valence-electron chi connectivity index (χ2n) is 7.79. The van der Waals surface area contributed by atoms with Crippen LogP contribution in [0.1, 0.15) is 35.6 Å². The fraction of sp³-hybridized carbons (Fsp3) is 0.409. The Morgan fingerprint density at radius 2 is 1.82 bits per heavy atom. The third-order valence-electron chi connectivity index (χ3n) is 6.01. The molecule has 2 aliphatic rings. The van der Waals surface area contributed by atoms with E-state index < -0.39 is 17.5 Å². The number of aryl methyl sites for hydroxylation is 1. The maximum atomic E-state index is 14.1. The number of nitrogens with one attached hydrogen (secondary N) is 1. The fourth-order valence-corrected chi connectivity index (χ4v) is 4.41. The summed E-state index contributed by atoms with van der Waals surface area (Å²) >= 11 is 0. The lowest BCUT2D eigenvalue weighted by Gasteiger charge is -2.32. The third kappa shape index (κ3) is 3.41. The van der Waals surface area contributed by atoms with Gasteiger partial charge in [0.1, 0.15) is 0 Å². The zero-order chi connectivity index (χ0) is 19.8. The Morgan fingerprint density at radius 1 is 1.11 bits per heavy atom. The average Bonchev–Trinajstić information content (AvgIpc) is 3.28. The zero-order valence-electron chi connectivity index (χ0n) is 15.5. The molecular weight excluding hydrogens is 365 g/mol. The van der Waals surface area contributed by atoms with Crippen molar-refractivity contribution in [3.05, 3.63) is 71.3 Å². The fourth-order valence-electron chi connectivity index (χ4n) is 4.41. The molecular formula is C22H23F3N2O. The van der Waals surface area contributed by atoms with Crippen molar-refractivity contribution in [1.29, 1.82) is 0 Å². The van der Waals surface area contributed by atoms with Crippen molar-refractivity contribution in [2.75, 3.05) is 13.1 Å². The van der Waals surface area contributed by atoms with Gasteiger partial charge in [0.2, 0.25) is 5.91 Å². The van der Waals surface area contributed by atoms with Crippen LogP contribution in [0, 0.1) is 5.41 Å². The first-order valence-corrected chi connectivity index (χ1v) is 9.61. The number of carbonyl (C=O) groups excluding carboxylic acids is 1. The lowest BCUT2D eigenvalue weighted by Crippen LogP contribution is -2.52. The van der Waals surface area contributed by atoms with Crippen molar-refractivity contribution in [3.8, 4) is 0 Å². The SMILES string of the molecule is O=C(N[C@@H]1CCc2ccccc21)[C@]1(C(F)(F)F)CCN(Cc2ccccc2)C1. The van der Waals surface area contributed by atoms with Crippen molar-refractivity contribution in [1.82, 2.24) is 10.2 Å². The Kier molecular flexibility index (Phi) is 4.91. The number of benzene rings is 2. The summed E-state index contributed by atoms with van der Waals surface area (Å²) in [6.07, 6.45) is -3.36. The Morgan fingerprint density at radius 3 is 2.57 bits per heavy atom. The normalized spacial score (nSPS) is 24.9. The van der Waals surface area contributed by atoms with E-state index in [2.05, 4.69) is 5.32 Å². The van der Waals surface area contributed by atoms with Gasteiger partial charge in [0.05, 0.1) is 6.04 Å². The van der Waals surface area contributed by atoms with Crippen molar-refractivity contribution in [3.63, 3.8) is 0 Å². The van der Waals surface area contributed by atoms with Gasteiger partial charge in [0, 0.05) is 13.1 Å². The first-order chi connectivity index (χ1) is 13.4. The maximum absolute atomic E-state index is 14.1. The number of hydrogen-bond donors (Lipinski definition) is 1. The van der Waals surface area contributed by atoms with E-state index in [-0.39, 0.29) is 25.6 Å². The van der Waals surface area contributed by atoms with Gasteiger partial charge in [-0.05, 0) is 42.5 Å². The molecule has 0 radical (unpaired) electrons. The molecule has 2 atom stereocenters. The number of hydrogen-bond acceptors (Lipinski definition) is 2. The molecule has 0 saturated carbocycles. The van der Waals surface area contributed by atoms with Gasteiger partial charge in [0.25, 0.3) is 0 Å². The van der Waals surface area contributed by atoms with E-state index in [1.807, 2.05) is 54.6 Å². The zero-order valence-corrected chi connectivity index (χ0v) is 15.5. The van der Waals surface area contributed by atoms with E-state index in [1.165, 1.54) is 0 Å². The Balaban J connectivity index is 1.51. The van der Waals surface area contributed by atoms with Gasteiger partial charge < -0.3 is 5.32 Å². The number of fused-ring (bicyclic) bond motifs is 1. The molecule has 2 aromatic carbocycles. The maximum Gasteiger partial charge on any atom is 0.404 e. The lowest BCUT2D eigenvalue weighted by atomic mass is 9.84. The molecule has 1 amide bonds. The van der Waals surface area contributed by atoms with E-state index in [4.69, 9.17) is 0 Å². The van der Waals surface area contributed by atoms with E-state index in [0.29, 0.717) is 13.0 Å². The minimum absolute atomic E-state index is 0.205. The van der Waals surface area contributed by atoms with Crippen LogP contribution in [0.4, 0.5) is 13.2 Å². The molecule has 1 aliphatic carbocycles. The van der Waals surface area contributed by atoms with Gasteiger partial charge in [-0.2, -0.15) is 13.2 Å². The van der Waals surface area contributed by atoms with E-state index in [0.717, 1.165) is 23.1 Å². The molecule has 6 heteroatoms. The topological polar surface area (TPSA) is 32.3 Å². The van der Waals surface area contributed by atoms with Crippen LogP contribution < -0.4 is 5.32 Å². The molecule has 0 aromatic heterocycles. The number of amides is 1. The van der Waals surface area contributed by atoms with Crippen LogP contribution in [0.3, 0.4) is 0 Å². The second-order valence-corrected chi connectivity index (χ2v) is 7.79. The van der Waals surface area contributed by atoms with Gasteiger partial charge in [0.15, 0.2) is 5.41 Å². The average molecular weight is 388 g/mol. The predicted molar refractivity (Wildman–Crippen MR) is 100 cm³/mol. The summed E-state index contributed by atoms with van der Waals surface area (Å²) in [6.45, 7) is 0.368. The highest BCUT2D eigenvalue weighted by Crippen LogP contribution is 2.47. The summed E-state index contributed by atoms with van der Waals surface area (Å²) in [5.41, 5.74) is 0.642. The molecule has 0 bridgehead atoms. The van der Waals surface area contributed by atoms with E-state index in [9.17, 15) is 18.0 Å². The highest BCUT2D eigenvalue weighted by Gasteiger charge is 2.63. The number of halogens is 3. The van der Waals surface area contributed by atoms with E-state index in [1.54, 1.807) is 4.90 Å². The Bertz CT molecular complexity index is 852. The number of alkyl halides is 3. The molecule has 1 fully saturated rings. The molecule has 1 saturated heterocycles. The number of carbonyl (C=O) groups is 1. The highest BCUT2D eigenvalue weighted by atomic mass is 19.4. The molecule has 0 spiro atoms.